The van der Waals surface area contributed by atoms with Crippen LogP contribution in [0.15, 0.2) is 47.4 Å². The highest BCUT2D eigenvalue weighted by Gasteiger charge is 2.23. The minimum Gasteiger partial charge on any atom is -0.493 e. The third-order valence-corrected chi connectivity index (χ3v) is 5.81. The maximum absolute atomic E-state index is 12.5. The molecule has 132 valence electrons. The van der Waals surface area contributed by atoms with Crippen molar-refractivity contribution in [3.63, 3.8) is 0 Å². The van der Waals surface area contributed by atoms with Gasteiger partial charge < -0.3 is 9.84 Å². The van der Waals surface area contributed by atoms with Crippen LogP contribution in [0.25, 0.3) is 0 Å². The molecule has 1 aliphatic rings. The monoisotopic (exact) mass is 361 g/mol. The quantitative estimate of drug-likeness (QED) is 0.852. The van der Waals surface area contributed by atoms with Crippen LogP contribution in [0.5, 0.6) is 5.75 Å². The normalized spacial score (nSPS) is 16.8. The fourth-order valence-corrected chi connectivity index (χ4v) is 4.25. The third kappa shape index (κ3) is 3.83. The van der Waals surface area contributed by atoms with Crippen molar-refractivity contribution in [1.29, 1.82) is 0 Å². The van der Waals surface area contributed by atoms with E-state index in [1.165, 1.54) is 18.2 Å². The molecule has 0 aliphatic carbocycles. The second-order valence-electron chi connectivity index (χ2n) is 6.13. The molecule has 1 unspecified atom stereocenters. The largest absolute Gasteiger partial charge is 0.493 e. The van der Waals surface area contributed by atoms with Crippen LogP contribution in [0.2, 0.25) is 0 Å². The van der Waals surface area contributed by atoms with E-state index in [2.05, 4.69) is 4.72 Å². The molecule has 1 heterocycles. The lowest BCUT2D eigenvalue weighted by atomic mass is 9.97. The summed E-state index contributed by atoms with van der Waals surface area (Å²) >= 11 is 0. The van der Waals surface area contributed by atoms with Gasteiger partial charge in [-0.2, -0.15) is 0 Å². The number of hydrogen-bond donors (Lipinski definition) is 2. The van der Waals surface area contributed by atoms with E-state index in [0.717, 1.165) is 17.7 Å². The van der Waals surface area contributed by atoms with Crippen LogP contribution in [-0.4, -0.2) is 32.6 Å². The lowest BCUT2D eigenvalue weighted by molar-refractivity contribution is 0.0696. The van der Waals surface area contributed by atoms with Crippen molar-refractivity contribution in [3.05, 3.63) is 59.2 Å². The Balaban J connectivity index is 1.70. The van der Waals surface area contributed by atoms with E-state index in [4.69, 9.17) is 9.84 Å². The minimum atomic E-state index is -3.71. The van der Waals surface area contributed by atoms with Crippen LogP contribution in [0.1, 0.15) is 21.5 Å². The number of sulfonamides is 1. The second kappa shape index (κ2) is 6.85. The number of ether oxygens (including phenoxy) is 1. The summed E-state index contributed by atoms with van der Waals surface area (Å²) in [6.07, 6.45) is 0.746. The van der Waals surface area contributed by atoms with E-state index in [1.54, 1.807) is 6.92 Å². The summed E-state index contributed by atoms with van der Waals surface area (Å²) in [5, 5.41) is 8.98. The molecule has 0 spiro atoms. The molecule has 0 radical (unpaired) electrons. The lowest BCUT2D eigenvalue weighted by Crippen LogP contribution is -2.35. The molecule has 0 saturated heterocycles. The molecule has 6 nitrogen and oxygen atoms in total. The van der Waals surface area contributed by atoms with Gasteiger partial charge in [-0.25, -0.2) is 17.9 Å². The molecular weight excluding hydrogens is 342 g/mol. The lowest BCUT2D eigenvalue weighted by Gasteiger charge is -2.25. The number of carboxylic acids is 1. The van der Waals surface area contributed by atoms with E-state index in [9.17, 15) is 13.2 Å². The van der Waals surface area contributed by atoms with E-state index in [1.807, 2.05) is 24.3 Å². The maximum atomic E-state index is 12.5. The smallest absolute Gasteiger partial charge is 0.335 e. The molecule has 25 heavy (non-hydrogen) atoms. The number of benzene rings is 2. The topological polar surface area (TPSA) is 92.7 Å². The van der Waals surface area contributed by atoms with Gasteiger partial charge in [0.2, 0.25) is 10.0 Å². The van der Waals surface area contributed by atoms with Crippen molar-refractivity contribution in [2.45, 2.75) is 18.2 Å². The standard InChI is InChI=1S/C18H19NO5S/c1-12-8-15(18(20)21)6-7-17(12)25(22,23)19-10-13-9-14-4-2-3-5-16(14)24-11-13/h2-8,13,19H,9-11H2,1H3,(H,20,21). The van der Waals surface area contributed by atoms with Gasteiger partial charge >= 0.3 is 5.97 Å². The Kier molecular flexibility index (Phi) is 4.78. The summed E-state index contributed by atoms with van der Waals surface area (Å²) < 4.78 is 33.3. The van der Waals surface area contributed by atoms with Gasteiger partial charge in [-0.05, 0) is 48.7 Å². The number of carboxylic acid groups (broad SMARTS) is 1. The van der Waals surface area contributed by atoms with Crippen LogP contribution in [0.4, 0.5) is 0 Å². The molecule has 0 amide bonds. The molecular formula is C18H19NO5S. The first-order valence-electron chi connectivity index (χ1n) is 7.91. The zero-order chi connectivity index (χ0) is 18.0. The van der Waals surface area contributed by atoms with Gasteiger partial charge in [0.15, 0.2) is 0 Å². The number of carbonyl (C=O) groups is 1. The molecule has 1 atom stereocenters. The molecule has 2 aromatic rings. The van der Waals surface area contributed by atoms with Gasteiger partial charge in [-0.1, -0.05) is 18.2 Å². The third-order valence-electron chi connectivity index (χ3n) is 4.23. The maximum Gasteiger partial charge on any atom is 0.335 e. The Morgan fingerprint density at radius 3 is 2.76 bits per heavy atom. The summed E-state index contributed by atoms with van der Waals surface area (Å²) in [7, 11) is -3.71. The summed E-state index contributed by atoms with van der Waals surface area (Å²) in [4.78, 5) is 11.1. The number of para-hydroxylation sites is 1. The van der Waals surface area contributed by atoms with Crippen molar-refractivity contribution in [3.8, 4) is 5.75 Å². The van der Waals surface area contributed by atoms with Crippen molar-refractivity contribution in [2.75, 3.05) is 13.2 Å². The van der Waals surface area contributed by atoms with E-state index >= 15 is 0 Å². The molecule has 0 saturated carbocycles. The molecule has 0 bridgehead atoms. The van der Waals surface area contributed by atoms with Crippen LogP contribution >= 0.6 is 0 Å². The van der Waals surface area contributed by atoms with Gasteiger partial charge in [0, 0.05) is 12.5 Å². The minimum absolute atomic E-state index is 0.0447. The molecule has 7 heteroatoms. The fraction of sp³-hybridized carbons (Fsp3) is 0.278. The highest BCUT2D eigenvalue weighted by atomic mass is 32.2. The predicted octanol–water partition coefficient (Wildman–Crippen LogP) is 2.22. The molecule has 2 N–H and O–H groups in total. The summed E-state index contributed by atoms with van der Waals surface area (Å²) in [5.41, 5.74) is 1.53. The first kappa shape index (κ1) is 17.4. The summed E-state index contributed by atoms with van der Waals surface area (Å²) in [6.45, 7) is 2.30. The molecule has 3 rings (SSSR count). The number of nitrogens with one attached hydrogen (secondary N) is 1. The van der Waals surface area contributed by atoms with Gasteiger partial charge in [0.25, 0.3) is 0 Å². The zero-order valence-corrected chi connectivity index (χ0v) is 14.5. The average Bonchev–Trinajstić information content (AvgIpc) is 2.59. The Hall–Kier alpha value is -2.38. The molecule has 2 aromatic carbocycles. The number of aromatic carboxylic acids is 1. The predicted molar refractivity (Wildman–Crippen MR) is 92.5 cm³/mol. The fourth-order valence-electron chi connectivity index (χ4n) is 2.91. The average molecular weight is 361 g/mol. The Morgan fingerprint density at radius 1 is 1.28 bits per heavy atom. The Bertz CT molecular complexity index is 907. The van der Waals surface area contributed by atoms with Gasteiger partial charge in [-0.15, -0.1) is 0 Å². The van der Waals surface area contributed by atoms with Crippen LogP contribution in [0.3, 0.4) is 0 Å². The van der Waals surface area contributed by atoms with Gasteiger partial charge in [0.05, 0.1) is 17.1 Å². The summed E-state index contributed by atoms with van der Waals surface area (Å²) in [5.74, 6) is -0.192. The number of fused-ring (bicyclic) bond motifs is 1. The summed E-state index contributed by atoms with van der Waals surface area (Å²) in [6, 6.07) is 11.7. The first-order chi connectivity index (χ1) is 11.9. The van der Waals surface area contributed by atoms with Crippen LogP contribution in [-0.2, 0) is 16.4 Å². The SMILES string of the molecule is Cc1cc(C(=O)O)ccc1S(=O)(=O)NCC1COc2ccccc2C1. The molecule has 1 aliphatic heterocycles. The van der Waals surface area contributed by atoms with E-state index < -0.39 is 16.0 Å². The Morgan fingerprint density at radius 2 is 2.04 bits per heavy atom. The van der Waals surface area contributed by atoms with E-state index in [0.29, 0.717) is 12.2 Å². The van der Waals surface area contributed by atoms with Crippen molar-refractivity contribution >= 4 is 16.0 Å². The molecule has 0 aromatic heterocycles. The van der Waals surface area contributed by atoms with Gasteiger partial charge in [-0.3, -0.25) is 0 Å². The number of rotatable bonds is 5. The van der Waals surface area contributed by atoms with Crippen molar-refractivity contribution in [1.82, 2.24) is 4.72 Å². The van der Waals surface area contributed by atoms with Gasteiger partial charge in [0.1, 0.15) is 5.75 Å². The Labute approximate surface area is 146 Å². The first-order valence-corrected chi connectivity index (χ1v) is 9.39. The second-order valence-corrected chi connectivity index (χ2v) is 7.86. The number of hydrogen-bond acceptors (Lipinski definition) is 4. The highest BCUT2D eigenvalue weighted by molar-refractivity contribution is 7.89. The van der Waals surface area contributed by atoms with Crippen molar-refractivity contribution < 1.29 is 23.1 Å². The van der Waals surface area contributed by atoms with Crippen molar-refractivity contribution in [2.24, 2.45) is 5.92 Å². The van der Waals surface area contributed by atoms with E-state index in [-0.39, 0.29) is 22.9 Å². The van der Waals surface area contributed by atoms with Crippen LogP contribution < -0.4 is 9.46 Å². The molecule has 0 fully saturated rings. The van der Waals surface area contributed by atoms with Crippen LogP contribution in [0, 0.1) is 12.8 Å². The highest BCUT2D eigenvalue weighted by Crippen LogP contribution is 2.26. The number of aryl methyl sites for hydroxylation is 1. The zero-order valence-electron chi connectivity index (χ0n) is 13.7.